The van der Waals surface area contributed by atoms with E-state index in [2.05, 4.69) is 15.3 Å². The lowest BCUT2D eigenvalue weighted by atomic mass is 10.2. The van der Waals surface area contributed by atoms with Crippen molar-refractivity contribution < 1.29 is 18.6 Å². The molecule has 0 atom stereocenters. The van der Waals surface area contributed by atoms with E-state index in [4.69, 9.17) is 19.9 Å². The number of aliphatic imine (C=N–C) groups is 1. The van der Waals surface area contributed by atoms with Crippen LogP contribution in [0.25, 0.3) is 0 Å². The highest BCUT2D eigenvalue weighted by Gasteiger charge is 2.08. The van der Waals surface area contributed by atoms with E-state index in [-0.39, 0.29) is 35.8 Å². The quantitative estimate of drug-likeness (QED) is 0.253. The van der Waals surface area contributed by atoms with Crippen LogP contribution in [-0.4, -0.2) is 25.2 Å². The standard InChI is InChI=1S/C22H23FN4O3.HI/c1-28-19-9-8-15(11-20(19)29-2)13-26-22(24)27-14-16-5-4-10-25-21(16)30-18-7-3-6-17(23)12-18;/h3-12H,13-14H2,1-2H3,(H3,24,26,27);1H. The second kappa shape index (κ2) is 11.9. The van der Waals surface area contributed by atoms with Crippen molar-refractivity contribution in [2.75, 3.05) is 14.2 Å². The van der Waals surface area contributed by atoms with Crippen molar-refractivity contribution >= 4 is 29.9 Å². The number of hydrogen-bond acceptors (Lipinski definition) is 5. The average Bonchev–Trinajstić information content (AvgIpc) is 2.77. The minimum Gasteiger partial charge on any atom is -0.493 e. The number of pyridine rings is 1. The predicted octanol–water partition coefficient (Wildman–Crippen LogP) is 4.25. The fraction of sp³-hybridized carbons (Fsp3) is 0.182. The van der Waals surface area contributed by atoms with Gasteiger partial charge in [-0.25, -0.2) is 14.4 Å². The molecule has 0 unspecified atom stereocenters. The van der Waals surface area contributed by atoms with Gasteiger partial charge in [-0.1, -0.05) is 18.2 Å². The normalized spacial score (nSPS) is 10.7. The molecule has 1 aromatic heterocycles. The van der Waals surface area contributed by atoms with E-state index < -0.39 is 0 Å². The van der Waals surface area contributed by atoms with Crippen molar-refractivity contribution in [1.29, 1.82) is 0 Å². The number of aromatic nitrogens is 1. The Morgan fingerprint density at radius 1 is 1.06 bits per heavy atom. The molecule has 3 aromatic rings. The van der Waals surface area contributed by atoms with Crippen LogP contribution in [0.1, 0.15) is 11.1 Å². The van der Waals surface area contributed by atoms with Gasteiger partial charge in [0.2, 0.25) is 5.88 Å². The Morgan fingerprint density at radius 3 is 2.61 bits per heavy atom. The van der Waals surface area contributed by atoms with Crippen molar-refractivity contribution in [2.24, 2.45) is 10.7 Å². The van der Waals surface area contributed by atoms with E-state index in [1.54, 1.807) is 38.6 Å². The second-order valence-electron chi connectivity index (χ2n) is 6.27. The van der Waals surface area contributed by atoms with E-state index in [1.807, 2.05) is 24.3 Å². The van der Waals surface area contributed by atoms with Crippen LogP contribution in [0.5, 0.6) is 23.1 Å². The third-order valence-corrected chi connectivity index (χ3v) is 4.20. The van der Waals surface area contributed by atoms with Crippen LogP contribution < -0.4 is 25.3 Å². The van der Waals surface area contributed by atoms with Gasteiger partial charge < -0.3 is 25.3 Å². The summed E-state index contributed by atoms with van der Waals surface area (Å²) in [5.74, 6) is 1.90. The van der Waals surface area contributed by atoms with Gasteiger partial charge >= 0.3 is 0 Å². The van der Waals surface area contributed by atoms with Gasteiger partial charge in [0.1, 0.15) is 11.6 Å². The van der Waals surface area contributed by atoms with Crippen molar-refractivity contribution in [3.63, 3.8) is 0 Å². The highest BCUT2D eigenvalue weighted by molar-refractivity contribution is 14.0. The summed E-state index contributed by atoms with van der Waals surface area (Å²) in [6.07, 6.45) is 1.60. The fourth-order valence-electron chi connectivity index (χ4n) is 2.69. The first-order valence-electron chi connectivity index (χ1n) is 9.21. The predicted molar refractivity (Wildman–Crippen MR) is 128 cm³/mol. The Labute approximate surface area is 197 Å². The van der Waals surface area contributed by atoms with Gasteiger partial charge in [0.25, 0.3) is 0 Å². The first-order chi connectivity index (χ1) is 14.6. The first-order valence-corrected chi connectivity index (χ1v) is 9.21. The zero-order chi connectivity index (χ0) is 21.3. The van der Waals surface area contributed by atoms with Gasteiger partial charge in [0.15, 0.2) is 17.5 Å². The summed E-state index contributed by atoms with van der Waals surface area (Å²) in [6, 6.07) is 15.1. The minimum absolute atomic E-state index is 0. The molecule has 164 valence electrons. The third-order valence-electron chi connectivity index (χ3n) is 4.20. The maximum atomic E-state index is 13.4. The largest absolute Gasteiger partial charge is 0.493 e. The number of guanidine groups is 1. The summed E-state index contributed by atoms with van der Waals surface area (Å²) in [4.78, 5) is 8.56. The van der Waals surface area contributed by atoms with Gasteiger partial charge in [-0.2, -0.15) is 0 Å². The number of hydrogen-bond donors (Lipinski definition) is 2. The maximum absolute atomic E-state index is 13.4. The molecule has 9 heteroatoms. The zero-order valence-corrected chi connectivity index (χ0v) is 19.5. The number of ether oxygens (including phenoxy) is 3. The molecule has 2 aromatic carbocycles. The zero-order valence-electron chi connectivity index (χ0n) is 17.2. The summed E-state index contributed by atoms with van der Waals surface area (Å²) in [5, 5.41) is 3.04. The van der Waals surface area contributed by atoms with Crippen LogP contribution >= 0.6 is 24.0 Å². The van der Waals surface area contributed by atoms with Crippen LogP contribution in [-0.2, 0) is 13.1 Å². The number of halogens is 2. The number of benzene rings is 2. The fourth-order valence-corrected chi connectivity index (χ4v) is 2.69. The summed E-state index contributed by atoms with van der Waals surface area (Å²) >= 11 is 0. The van der Waals surface area contributed by atoms with Gasteiger partial charge in [-0.15, -0.1) is 24.0 Å². The molecule has 0 aliphatic carbocycles. The Bertz CT molecular complexity index is 1030. The topological polar surface area (TPSA) is 91.0 Å². The molecule has 0 aliphatic heterocycles. The van der Waals surface area contributed by atoms with Gasteiger partial charge in [-0.05, 0) is 35.9 Å². The molecule has 3 N–H and O–H groups in total. The number of rotatable bonds is 8. The number of methoxy groups -OCH3 is 2. The average molecular weight is 538 g/mol. The molecule has 3 rings (SSSR count). The molecule has 0 fully saturated rings. The first kappa shape index (κ1) is 24.2. The van der Waals surface area contributed by atoms with E-state index in [0.717, 1.165) is 11.1 Å². The van der Waals surface area contributed by atoms with Crippen LogP contribution in [0.2, 0.25) is 0 Å². The lowest BCUT2D eigenvalue weighted by Gasteiger charge is -2.11. The molecule has 0 aliphatic rings. The third kappa shape index (κ3) is 6.99. The Balaban J connectivity index is 0.00000341. The minimum atomic E-state index is -0.380. The number of nitrogens with zero attached hydrogens (tertiary/aromatic N) is 2. The Kier molecular flexibility index (Phi) is 9.32. The summed E-state index contributed by atoms with van der Waals surface area (Å²) in [5.41, 5.74) is 7.67. The van der Waals surface area contributed by atoms with Crippen molar-refractivity contribution in [3.8, 4) is 23.1 Å². The monoisotopic (exact) mass is 538 g/mol. The SMILES string of the molecule is COc1ccc(CN=C(N)NCc2cccnc2Oc2cccc(F)c2)cc1OC.I. The van der Waals surface area contributed by atoms with Crippen LogP contribution in [0.15, 0.2) is 65.8 Å². The van der Waals surface area contributed by atoms with Crippen molar-refractivity contribution in [3.05, 3.63) is 77.7 Å². The molecule has 0 bridgehead atoms. The van der Waals surface area contributed by atoms with E-state index in [1.165, 1.54) is 12.1 Å². The van der Waals surface area contributed by atoms with Gasteiger partial charge in [0.05, 0.1) is 20.8 Å². The molecule has 31 heavy (non-hydrogen) atoms. The summed E-state index contributed by atoms with van der Waals surface area (Å²) in [7, 11) is 3.17. The van der Waals surface area contributed by atoms with Crippen LogP contribution in [0.3, 0.4) is 0 Å². The molecule has 7 nitrogen and oxygen atoms in total. The summed E-state index contributed by atoms with van der Waals surface area (Å²) in [6.45, 7) is 0.721. The van der Waals surface area contributed by atoms with Gasteiger partial charge in [-0.3, -0.25) is 0 Å². The molecule has 0 amide bonds. The highest BCUT2D eigenvalue weighted by atomic mass is 127. The molecule has 1 heterocycles. The van der Waals surface area contributed by atoms with E-state index in [0.29, 0.717) is 36.2 Å². The van der Waals surface area contributed by atoms with Crippen LogP contribution in [0, 0.1) is 5.82 Å². The Hall–Kier alpha value is -3.08. The molecule has 0 saturated heterocycles. The number of nitrogens with two attached hydrogens (primary N) is 1. The lowest BCUT2D eigenvalue weighted by molar-refractivity contribution is 0.354. The van der Waals surface area contributed by atoms with Crippen LogP contribution in [0.4, 0.5) is 4.39 Å². The van der Waals surface area contributed by atoms with Crippen molar-refractivity contribution in [2.45, 2.75) is 13.1 Å². The highest BCUT2D eigenvalue weighted by Crippen LogP contribution is 2.27. The molecular weight excluding hydrogens is 514 g/mol. The van der Waals surface area contributed by atoms with Gasteiger partial charge in [0, 0.05) is 24.4 Å². The smallest absolute Gasteiger partial charge is 0.224 e. The Morgan fingerprint density at radius 2 is 1.87 bits per heavy atom. The van der Waals surface area contributed by atoms with Crippen molar-refractivity contribution in [1.82, 2.24) is 10.3 Å². The maximum Gasteiger partial charge on any atom is 0.224 e. The van der Waals surface area contributed by atoms with E-state index in [9.17, 15) is 4.39 Å². The summed E-state index contributed by atoms with van der Waals surface area (Å²) < 4.78 is 29.6. The second-order valence-corrected chi connectivity index (χ2v) is 6.27. The lowest BCUT2D eigenvalue weighted by Crippen LogP contribution is -2.31. The number of nitrogens with one attached hydrogen (secondary N) is 1. The molecule has 0 radical (unpaired) electrons. The molecule has 0 spiro atoms. The molecule has 0 saturated carbocycles. The molecular formula is C22H24FIN4O3. The van der Waals surface area contributed by atoms with E-state index >= 15 is 0 Å².